The number of hydrogen-bond acceptors (Lipinski definition) is 3. The van der Waals surface area contributed by atoms with Crippen LogP contribution in [0.2, 0.25) is 0 Å². The molecule has 1 aromatic heterocycles. The summed E-state index contributed by atoms with van der Waals surface area (Å²) in [5.74, 6) is 0.232. The molecule has 1 saturated heterocycles. The number of aryl methyl sites for hydroxylation is 2. The third-order valence-electron chi connectivity index (χ3n) is 5.13. The van der Waals surface area contributed by atoms with E-state index in [1.54, 1.807) is 11.1 Å². The van der Waals surface area contributed by atoms with E-state index < -0.39 is 6.04 Å². The molecular weight excluding hydrogens is 354 g/mol. The summed E-state index contributed by atoms with van der Waals surface area (Å²) in [4.78, 5) is 26.8. The first kappa shape index (κ1) is 19.9. The number of anilines is 1. The number of nitrogens with one attached hydrogen (secondary N) is 2. The molecule has 3 amide bonds. The van der Waals surface area contributed by atoms with Crippen LogP contribution >= 0.6 is 0 Å². The summed E-state index contributed by atoms with van der Waals surface area (Å²) in [5, 5.41) is 10.3. The van der Waals surface area contributed by atoms with Gasteiger partial charge in [0.2, 0.25) is 5.91 Å². The van der Waals surface area contributed by atoms with Crippen molar-refractivity contribution >= 4 is 17.6 Å². The number of amides is 3. The molecule has 2 aromatic rings. The molecule has 150 valence electrons. The van der Waals surface area contributed by atoms with Gasteiger partial charge in [-0.25, -0.2) is 9.48 Å². The second-order valence-electron chi connectivity index (χ2n) is 7.91. The second kappa shape index (κ2) is 8.04. The zero-order valence-electron chi connectivity index (χ0n) is 17.2. The normalized spacial score (nSPS) is 17.0. The molecule has 3 rings (SSSR count). The molecule has 2 heterocycles. The number of urea groups is 1. The topological polar surface area (TPSA) is 79.3 Å². The number of piperazine rings is 1. The lowest BCUT2D eigenvalue weighted by atomic mass is 10.0. The fraction of sp³-hybridized carbons (Fsp3) is 0.476. The molecule has 0 spiro atoms. The molecule has 0 bridgehead atoms. The molecule has 0 saturated carbocycles. The zero-order chi connectivity index (χ0) is 20.4. The summed E-state index contributed by atoms with van der Waals surface area (Å²) in [6.45, 7) is 11.1. The maximum Gasteiger partial charge on any atom is 0.322 e. The summed E-state index contributed by atoms with van der Waals surface area (Å²) in [6.07, 6.45) is 2.30. The van der Waals surface area contributed by atoms with Crippen LogP contribution in [-0.2, 0) is 4.79 Å². The molecule has 1 atom stereocenters. The number of aromatic nitrogens is 2. The van der Waals surface area contributed by atoms with Gasteiger partial charge in [-0.15, -0.1) is 0 Å². The first-order chi connectivity index (χ1) is 13.3. The van der Waals surface area contributed by atoms with Crippen molar-refractivity contribution in [2.75, 3.05) is 18.4 Å². The zero-order valence-corrected chi connectivity index (χ0v) is 17.2. The molecule has 28 heavy (non-hydrogen) atoms. The standard InChI is InChI=1S/C21H29N5O2/c1-13(2)10-19-20(27)22-8-9-25(19)21(28)24-17-12-23-26(16(17)5)18-11-14(3)6-7-15(18)4/h6-7,11-13,19H,8-10H2,1-5H3,(H,22,27)(H,24,28). The van der Waals surface area contributed by atoms with Gasteiger partial charge in [-0.2, -0.15) is 5.10 Å². The third kappa shape index (κ3) is 4.03. The highest BCUT2D eigenvalue weighted by atomic mass is 16.2. The Morgan fingerprint density at radius 1 is 1.32 bits per heavy atom. The molecule has 7 heteroatoms. The number of nitrogens with zero attached hydrogens (tertiary/aromatic N) is 3. The van der Waals surface area contributed by atoms with Crippen LogP contribution in [0.1, 0.15) is 37.1 Å². The van der Waals surface area contributed by atoms with Crippen molar-refractivity contribution < 1.29 is 9.59 Å². The first-order valence-corrected chi connectivity index (χ1v) is 9.75. The Balaban J connectivity index is 1.82. The quantitative estimate of drug-likeness (QED) is 0.851. The molecule has 1 unspecified atom stereocenters. The lowest BCUT2D eigenvalue weighted by molar-refractivity contribution is -0.128. The summed E-state index contributed by atoms with van der Waals surface area (Å²) >= 11 is 0. The van der Waals surface area contributed by atoms with Crippen molar-refractivity contribution in [3.8, 4) is 5.69 Å². The number of carbonyl (C=O) groups is 2. The van der Waals surface area contributed by atoms with Crippen LogP contribution in [0.4, 0.5) is 10.5 Å². The molecule has 1 aliphatic rings. The van der Waals surface area contributed by atoms with E-state index in [-0.39, 0.29) is 11.9 Å². The van der Waals surface area contributed by atoms with Crippen molar-refractivity contribution in [1.82, 2.24) is 20.0 Å². The van der Waals surface area contributed by atoms with Gasteiger partial charge in [0.1, 0.15) is 6.04 Å². The Morgan fingerprint density at radius 2 is 2.07 bits per heavy atom. The molecule has 2 N–H and O–H groups in total. The van der Waals surface area contributed by atoms with Gasteiger partial charge in [0.05, 0.1) is 23.3 Å². The van der Waals surface area contributed by atoms with Gasteiger partial charge in [-0.05, 0) is 50.3 Å². The van der Waals surface area contributed by atoms with Crippen LogP contribution in [0.5, 0.6) is 0 Å². The minimum atomic E-state index is -0.442. The molecule has 1 fully saturated rings. The predicted octanol–water partition coefficient (Wildman–Crippen LogP) is 3.18. The fourth-order valence-electron chi connectivity index (χ4n) is 3.55. The maximum absolute atomic E-state index is 12.9. The highest BCUT2D eigenvalue weighted by Gasteiger charge is 2.33. The minimum Gasteiger partial charge on any atom is -0.353 e. The van der Waals surface area contributed by atoms with Gasteiger partial charge in [0, 0.05) is 13.1 Å². The van der Waals surface area contributed by atoms with E-state index in [1.807, 2.05) is 25.5 Å². The summed E-state index contributed by atoms with van der Waals surface area (Å²) in [7, 11) is 0. The van der Waals surface area contributed by atoms with Gasteiger partial charge in [-0.1, -0.05) is 26.0 Å². The third-order valence-corrected chi connectivity index (χ3v) is 5.13. The van der Waals surface area contributed by atoms with E-state index in [0.717, 1.165) is 22.5 Å². The summed E-state index contributed by atoms with van der Waals surface area (Å²) < 4.78 is 1.84. The Labute approximate surface area is 166 Å². The van der Waals surface area contributed by atoms with Crippen molar-refractivity contribution in [3.63, 3.8) is 0 Å². The van der Waals surface area contributed by atoms with Crippen molar-refractivity contribution in [3.05, 3.63) is 41.2 Å². The average Bonchev–Trinajstić information content (AvgIpc) is 2.99. The lowest BCUT2D eigenvalue weighted by Gasteiger charge is -2.35. The van der Waals surface area contributed by atoms with Crippen LogP contribution in [0.3, 0.4) is 0 Å². The predicted molar refractivity (Wildman–Crippen MR) is 110 cm³/mol. The highest BCUT2D eigenvalue weighted by Crippen LogP contribution is 2.23. The number of carbonyl (C=O) groups excluding carboxylic acids is 2. The van der Waals surface area contributed by atoms with Gasteiger partial charge in [0.25, 0.3) is 0 Å². The van der Waals surface area contributed by atoms with Crippen LogP contribution in [0, 0.1) is 26.7 Å². The Bertz CT molecular complexity index is 887. The van der Waals surface area contributed by atoms with Gasteiger partial charge < -0.3 is 15.5 Å². The molecule has 1 aliphatic heterocycles. The summed E-state index contributed by atoms with van der Waals surface area (Å²) in [5.41, 5.74) is 4.76. The fourth-order valence-corrected chi connectivity index (χ4v) is 3.55. The van der Waals surface area contributed by atoms with E-state index in [1.165, 1.54) is 0 Å². The van der Waals surface area contributed by atoms with Gasteiger partial charge >= 0.3 is 6.03 Å². The first-order valence-electron chi connectivity index (χ1n) is 9.75. The SMILES string of the molecule is Cc1ccc(C)c(-n2ncc(NC(=O)N3CCNC(=O)C3CC(C)C)c2C)c1. The van der Waals surface area contributed by atoms with Crippen molar-refractivity contribution in [2.24, 2.45) is 5.92 Å². The molecule has 0 radical (unpaired) electrons. The van der Waals surface area contributed by atoms with E-state index in [0.29, 0.717) is 31.1 Å². The van der Waals surface area contributed by atoms with Crippen LogP contribution in [0.15, 0.2) is 24.4 Å². The smallest absolute Gasteiger partial charge is 0.322 e. The minimum absolute atomic E-state index is 0.0853. The number of benzene rings is 1. The van der Waals surface area contributed by atoms with Crippen molar-refractivity contribution in [2.45, 2.75) is 47.1 Å². The Morgan fingerprint density at radius 3 is 2.79 bits per heavy atom. The van der Waals surface area contributed by atoms with Crippen molar-refractivity contribution in [1.29, 1.82) is 0 Å². The maximum atomic E-state index is 12.9. The lowest BCUT2D eigenvalue weighted by Crippen LogP contribution is -2.58. The largest absolute Gasteiger partial charge is 0.353 e. The highest BCUT2D eigenvalue weighted by molar-refractivity contribution is 5.94. The van der Waals surface area contributed by atoms with Gasteiger partial charge in [0.15, 0.2) is 0 Å². The number of hydrogen-bond donors (Lipinski definition) is 2. The van der Waals surface area contributed by atoms with E-state index in [9.17, 15) is 9.59 Å². The molecule has 1 aromatic carbocycles. The second-order valence-corrected chi connectivity index (χ2v) is 7.91. The Kier molecular flexibility index (Phi) is 5.72. The van der Waals surface area contributed by atoms with Crippen LogP contribution in [-0.4, -0.2) is 45.8 Å². The molecule has 0 aliphatic carbocycles. The van der Waals surface area contributed by atoms with Crippen LogP contribution in [0.25, 0.3) is 5.69 Å². The van der Waals surface area contributed by atoms with Crippen LogP contribution < -0.4 is 10.6 Å². The van der Waals surface area contributed by atoms with E-state index in [2.05, 4.69) is 47.8 Å². The van der Waals surface area contributed by atoms with Gasteiger partial charge in [-0.3, -0.25) is 4.79 Å². The molecular formula is C21H29N5O2. The Hall–Kier alpha value is -2.83. The van der Waals surface area contributed by atoms with E-state index in [4.69, 9.17) is 0 Å². The monoisotopic (exact) mass is 383 g/mol. The number of rotatable bonds is 4. The van der Waals surface area contributed by atoms with E-state index >= 15 is 0 Å². The molecule has 7 nitrogen and oxygen atoms in total. The average molecular weight is 383 g/mol. The summed E-state index contributed by atoms with van der Waals surface area (Å²) in [6, 6.07) is 5.50.